The quantitative estimate of drug-likeness (QED) is 0.630. The van der Waals surface area contributed by atoms with Crippen molar-refractivity contribution in [3.63, 3.8) is 0 Å². The average molecular weight is 280 g/mol. The highest BCUT2D eigenvalue weighted by molar-refractivity contribution is 5.26. The summed E-state index contributed by atoms with van der Waals surface area (Å²) >= 11 is 0. The van der Waals surface area contributed by atoms with E-state index < -0.39 is 0 Å². The molecular formula is C16H28N2O2. The summed E-state index contributed by atoms with van der Waals surface area (Å²) in [5, 5.41) is 3.36. The zero-order chi connectivity index (χ0) is 14.6. The van der Waals surface area contributed by atoms with Gasteiger partial charge in [0.1, 0.15) is 5.75 Å². The van der Waals surface area contributed by atoms with Crippen LogP contribution >= 0.6 is 0 Å². The lowest BCUT2D eigenvalue weighted by Crippen LogP contribution is -2.23. The van der Waals surface area contributed by atoms with Crippen LogP contribution in [0.3, 0.4) is 0 Å². The largest absolute Gasteiger partial charge is 0.497 e. The van der Waals surface area contributed by atoms with Crippen molar-refractivity contribution >= 4 is 0 Å². The van der Waals surface area contributed by atoms with Gasteiger partial charge in [0.2, 0.25) is 0 Å². The molecule has 4 heteroatoms. The monoisotopic (exact) mass is 280 g/mol. The topological polar surface area (TPSA) is 33.7 Å². The van der Waals surface area contributed by atoms with Crippen molar-refractivity contribution in [2.45, 2.75) is 19.4 Å². The zero-order valence-electron chi connectivity index (χ0n) is 13.0. The second-order valence-electron chi connectivity index (χ2n) is 5.04. The fraction of sp³-hybridized carbons (Fsp3) is 0.625. The normalized spacial score (nSPS) is 11.0. The lowest BCUT2D eigenvalue weighted by atomic mass is 10.2. The lowest BCUT2D eigenvalue weighted by Gasteiger charge is -2.16. The van der Waals surface area contributed by atoms with E-state index in [1.54, 1.807) is 14.2 Å². The van der Waals surface area contributed by atoms with Crippen LogP contribution in [0.4, 0.5) is 0 Å². The van der Waals surface area contributed by atoms with Gasteiger partial charge < -0.3 is 19.7 Å². The molecule has 4 nitrogen and oxygen atoms in total. The predicted molar refractivity (Wildman–Crippen MR) is 83.3 cm³/mol. The molecule has 20 heavy (non-hydrogen) atoms. The molecule has 1 aromatic rings. The molecule has 0 spiro atoms. The van der Waals surface area contributed by atoms with E-state index in [0.29, 0.717) is 0 Å². The Morgan fingerprint density at radius 3 is 2.45 bits per heavy atom. The van der Waals surface area contributed by atoms with Crippen molar-refractivity contribution in [3.8, 4) is 5.75 Å². The molecule has 0 aromatic heterocycles. The molecule has 0 saturated heterocycles. The number of nitrogens with one attached hydrogen (secondary N) is 1. The summed E-state index contributed by atoms with van der Waals surface area (Å²) in [7, 11) is 5.60. The third-order valence-corrected chi connectivity index (χ3v) is 3.24. The Bertz CT molecular complexity index is 341. The van der Waals surface area contributed by atoms with Crippen LogP contribution in [0.1, 0.15) is 18.4 Å². The van der Waals surface area contributed by atoms with E-state index in [1.807, 2.05) is 12.1 Å². The minimum Gasteiger partial charge on any atom is -0.497 e. The summed E-state index contributed by atoms with van der Waals surface area (Å²) in [6.45, 7) is 4.91. The van der Waals surface area contributed by atoms with Gasteiger partial charge in [-0.25, -0.2) is 0 Å². The van der Waals surface area contributed by atoms with Crippen LogP contribution in [0.5, 0.6) is 5.75 Å². The van der Waals surface area contributed by atoms with E-state index in [1.165, 1.54) is 18.4 Å². The molecule has 0 amide bonds. The number of benzene rings is 1. The predicted octanol–water partition coefficient (Wildman–Crippen LogP) is 2.14. The van der Waals surface area contributed by atoms with Crippen LogP contribution in [0.2, 0.25) is 0 Å². The Labute approximate surface area is 123 Å². The van der Waals surface area contributed by atoms with E-state index in [-0.39, 0.29) is 0 Å². The maximum Gasteiger partial charge on any atom is 0.118 e. The summed E-state index contributed by atoms with van der Waals surface area (Å²) in [6.07, 6.45) is 2.42. The fourth-order valence-corrected chi connectivity index (χ4v) is 2.05. The van der Waals surface area contributed by atoms with E-state index in [4.69, 9.17) is 9.47 Å². The van der Waals surface area contributed by atoms with Crippen molar-refractivity contribution in [2.75, 3.05) is 47.5 Å². The molecule has 0 saturated carbocycles. The molecule has 0 atom stereocenters. The maximum atomic E-state index is 5.16. The van der Waals surface area contributed by atoms with E-state index in [2.05, 4.69) is 29.4 Å². The highest BCUT2D eigenvalue weighted by atomic mass is 16.5. The van der Waals surface area contributed by atoms with Gasteiger partial charge in [-0.2, -0.15) is 0 Å². The zero-order valence-corrected chi connectivity index (χ0v) is 13.0. The molecule has 1 aromatic carbocycles. The van der Waals surface area contributed by atoms with Crippen LogP contribution in [0, 0.1) is 0 Å². The second kappa shape index (κ2) is 10.7. The summed E-state index contributed by atoms with van der Waals surface area (Å²) < 4.78 is 10.2. The molecule has 0 heterocycles. The van der Waals surface area contributed by atoms with Gasteiger partial charge in [0.25, 0.3) is 0 Å². The van der Waals surface area contributed by atoms with Gasteiger partial charge in [-0.3, -0.25) is 0 Å². The van der Waals surface area contributed by atoms with E-state index in [0.717, 1.165) is 38.5 Å². The number of nitrogens with zero attached hydrogens (tertiary/aromatic N) is 1. The third-order valence-electron chi connectivity index (χ3n) is 3.24. The first kappa shape index (κ1) is 17.0. The lowest BCUT2D eigenvalue weighted by molar-refractivity contribution is 0.199. The summed E-state index contributed by atoms with van der Waals surface area (Å²) in [5.41, 5.74) is 1.33. The molecule has 0 bridgehead atoms. The average Bonchev–Trinajstić information content (AvgIpc) is 2.47. The smallest absolute Gasteiger partial charge is 0.118 e. The van der Waals surface area contributed by atoms with Gasteiger partial charge in [-0.1, -0.05) is 12.1 Å². The van der Waals surface area contributed by atoms with Gasteiger partial charge >= 0.3 is 0 Å². The minimum absolute atomic E-state index is 0.789. The molecular weight excluding hydrogens is 252 g/mol. The molecule has 0 aliphatic heterocycles. The first-order chi connectivity index (χ1) is 9.76. The van der Waals surface area contributed by atoms with Crippen LogP contribution < -0.4 is 10.1 Å². The standard InChI is InChI=1S/C16H28N2O2/c1-18(12-5-4-10-17-11-13-19-2)14-15-6-8-16(20-3)9-7-15/h6-9,17H,4-5,10-14H2,1-3H3. The minimum atomic E-state index is 0.789. The van der Waals surface area contributed by atoms with E-state index in [9.17, 15) is 0 Å². The summed E-state index contributed by atoms with van der Waals surface area (Å²) in [5.74, 6) is 0.915. The Morgan fingerprint density at radius 1 is 1.05 bits per heavy atom. The third kappa shape index (κ3) is 7.48. The Balaban J connectivity index is 2.08. The number of rotatable bonds is 11. The first-order valence-corrected chi connectivity index (χ1v) is 7.27. The summed E-state index contributed by atoms with van der Waals surface area (Å²) in [6, 6.07) is 8.29. The van der Waals surface area contributed by atoms with Crippen molar-refractivity contribution < 1.29 is 9.47 Å². The fourth-order valence-electron chi connectivity index (χ4n) is 2.05. The Hall–Kier alpha value is -1.10. The number of hydrogen-bond donors (Lipinski definition) is 1. The van der Waals surface area contributed by atoms with Gasteiger partial charge in [-0.05, 0) is 50.7 Å². The number of unbranched alkanes of at least 4 members (excludes halogenated alkanes) is 1. The molecule has 0 radical (unpaired) electrons. The molecule has 0 aliphatic carbocycles. The van der Waals surface area contributed by atoms with Gasteiger partial charge in [0.05, 0.1) is 13.7 Å². The van der Waals surface area contributed by atoms with Crippen molar-refractivity contribution in [1.82, 2.24) is 10.2 Å². The highest BCUT2D eigenvalue weighted by Crippen LogP contribution is 2.12. The van der Waals surface area contributed by atoms with Gasteiger partial charge in [0.15, 0.2) is 0 Å². The van der Waals surface area contributed by atoms with E-state index >= 15 is 0 Å². The van der Waals surface area contributed by atoms with Crippen molar-refractivity contribution in [3.05, 3.63) is 29.8 Å². The molecule has 0 fully saturated rings. The van der Waals surface area contributed by atoms with Crippen LogP contribution in [-0.2, 0) is 11.3 Å². The van der Waals surface area contributed by atoms with Crippen molar-refractivity contribution in [1.29, 1.82) is 0 Å². The molecule has 0 unspecified atom stereocenters. The van der Waals surface area contributed by atoms with Crippen LogP contribution in [-0.4, -0.2) is 52.4 Å². The van der Waals surface area contributed by atoms with Crippen LogP contribution in [0.15, 0.2) is 24.3 Å². The highest BCUT2D eigenvalue weighted by Gasteiger charge is 2.00. The maximum absolute atomic E-state index is 5.16. The molecule has 0 aliphatic rings. The molecule has 1 N–H and O–H groups in total. The summed E-state index contributed by atoms with van der Waals surface area (Å²) in [4.78, 5) is 2.36. The SMILES string of the molecule is COCCNCCCCN(C)Cc1ccc(OC)cc1. The van der Waals surface area contributed by atoms with Crippen molar-refractivity contribution in [2.24, 2.45) is 0 Å². The number of ether oxygens (including phenoxy) is 2. The number of hydrogen-bond acceptors (Lipinski definition) is 4. The Morgan fingerprint density at radius 2 is 1.80 bits per heavy atom. The Kier molecular flexibility index (Phi) is 9.04. The number of methoxy groups -OCH3 is 2. The second-order valence-corrected chi connectivity index (χ2v) is 5.04. The molecule has 1 rings (SSSR count). The molecule has 114 valence electrons. The van der Waals surface area contributed by atoms with Gasteiger partial charge in [-0.15, -0.1) is 0 Å². The first-order valence-electron chi connectivity index (χ1n) is 7.27. The van der Waals surface area contributed by atoms with Gasteiger partial charge in [0, 0.05) is 20.2 Å². The van der Waals surface area contributed by atoms with Crippen LogP contribution in [0.25, 0.3) is 0 Å².